The van der Waals surface area contributed by atoms with E-state index in [9.17, 15) is 4.79 Å². The molecule has 0 aromatic carbocycles. The molecule has 2 atom stereocenters. The molecule has 1 aliphatic rings. The summed E-state index contributed by atoms with van der Waals surface area (Å²) in [6.45, 7) is 5.52. The zero-order valence-corrected chi connectivity index (χ0v) is 7.89. The van der Waals surface area contributed by atoms with Crippen LogP contribution < -0.4 is 10.6 Å². The van der Waals surface area contributed by atoms with Gasteiger partial charge in [0.2, 0.25) is 5.91 Å². The molecule has 0 aromatic heterocycles. The monoisotopic (exact) mass is 170 g/mol. The SMILES string of the molecule is CCCNC(=O)CNC1CC1C. The first-order chi connectivity index (χ1) is 5.74. The molecule has 0 saturated heterocycles. The van der Waals surface area contributed by atoms with Crippen molar-refractivity contribution in [3.05, 3.63) is 0 Å². The maximum Gasteiger partial charge on any atom is 0.233 e. The molecule has 70 valence electrons. The zero-order valence-electron chi connectivity index (χ0n) is 7.89. The molecule has 3 nitrogen and oxygen atoms in total. The van der Waals surface area contributed by atoms with Crippen LogP contribution in [0.3, 0.4) is 0 Å². The Kier molecular flexibility index (Phi) is 3.53. The summed E-state index contributed by atoms with van der Waals surface area (Å²) in [5.41, 5.74) is 0. The van der Waals surface area contributed by atoms with Crippen molar-refractivity contribution >= 4 is 5.91 Å². The fraction of sp³-hybridized carbons (Fsp3) is 0.889. The molecule has 0 spiro atoms. The zero-order chi connectivity index (χ0) is 8.97. The summed E-state index contributed by atoms with van der Waals surface area (Å²) >= 11 is 0. The van der Waals surface area contributed by atoms with Crippen LogP contribution >= 0.6 is 0 Å². The minimum absolute atomic E-state index is 0.121. The van der Waals surface area contributed by atoms with E-state index in [2.05, 4.69) is 24.5 Å². The number of amides is 1. The van der Waals surface area contributed by atoms with Crippen molar-refractivity contribution in [1.29, 1.82) is 0 Å². The van der Waals surface area contributed by atoms with Crippen molar-refractivity contribution in [2.45, 2.75) is 32.7 Å². The van der Waals surface area contributed by atoms with Gasteiger partial charge in [-0.25, -0.2) is 0 Å². The molecule has 1 amide bonds. The van der Waals surface area contributed by atoms with Gasteiger partial charge in [0.25, 0.3) is 0 Å². The van der Waals surface area contributed by atoms with Crippen LogP contribution in [0.5, 0.6) is 0 Å². The molecular weight excluding hydrogens is 152 g/mol. The highest BCUT2D eigenvalue weighted by molar-refractivity contribution is 5.78. The van der Waals surface area contributed by atoms with Crippen molar-refractivity contribution < 1.29 is 4.79 Å². The lowest BCUT2D eigenvalue weighted by atomic mass is 10.4. The van der Waals surface area contributed by atoms with Crippen molar-refractivity contribution in [2.24, 2.45) is 5.92 Å². The van der Waals surface area contributed by atoms with E-state index in [1.807, 2.05) is 0 Å². The van der Waals surface area contributed by atoms with Gasteiger partial charge in [-0.05, 0) is 18.8 Å². The van der Waals surface area contributed by atoms with Gasteiger partial charge in [0.05, 0.1) is 6.54 Å². The second-order valence-electron chi connectivity index (χ2n) is 3.55. The van der Waals surface area contributed by atoms with Crippen LogP contribution in [0.25, 0.3) is 0 Å². The summed E-state index contributed by atoms with van der Waals surface area (Å²) in [4.78, 5) is 11.1. The first-order valence-electron chi connectivity index (χ1n) is 4.74. The fourth-order valence-corrected chi connectivity index (χ4v) is 1.16. The Labute approximate surface area is 73.9 Å². The van der Waals surface area contributed by atoms with E-state index in [1.54, 1.807) is 0 Å². The topological polar surface area (TPSA) is 41.1 Å². The van der Waals surface area contributed by atoms with Gasteiger partial charge in [-0.1, -0.05) is 13.8 Å². The normalized spacial score (nSPS) is 26.8. The Morgan fingerprint density at radius 1 is 1.58 bits per heavy atom. The molecule has 2 unspecified atom stereocenters. The minimum Gasteiger partial charge on any atom is -0.355 e. The predicted octanol–water partition coefficient (Wildman–Crippen LogP) is 0.511. The Morgan fingerprint density at radius 2 is 2.25 bits per heavy atom. The van der Waals surface area contributed by atoms with Gasteiger partial charge in [0.1, 0.15) is 0 Å². The van der Waals surface area contributed by atoms with E-state index in [1.165, 1.54) is 6.42 Å². The molecule has 1 saturated carbocycles. The molecule has 0 radical (unpaired) electrons. The first-order valence-corrected chi connectivity index (χ1v) is 4.74. The number of rotatable bonds is 5. The maximum absolute atomic E-state index is 11.1. The van der Waals surface area contributed by atoms with Gasteiger partial charge >= 0.3 is 0 Å². The van der Waals surface area contributed by atoms with Crippen molar-refractivity contribution in [1.82, 2.24) is 10.6 Å². The summed E-state index contributed by atoms with van der Waals surface area (Å²) in [6.07, 6.45) is 2.23. The average Bonchev–Trinajstić information content (AvgIpc) is 2.75. The second-order valence-corrected chi connectivity index (χ2v) is 3.55. The lowest BCUT2D eigenvalue weighted by Gasteiger charge is -2.03. The van der Waals surface area contributed by atoms with Gasteiger partial charge in [0, 0.05) is 12.6 Å². The van der Waals surface area contributed by atoms with E-state index >= 15 is 0 Å². The van der Waals surface area contributed by atoms with Crippen molar-refractivity contribution in [3.63, 3.8) is 0 Å². The molecule has 1 rings (SSSR count). The summed E-state index contributed by atoms with van der Waals surface area (Å²) in [7, 11) is 0. The molecule has 0 aliphatic heterocycles. The summed E-state index contributed by atoms with van der Waals surface area (Å²) < 4.78 is 0. The van der Waals surface area contributed by atoms with E-state index in [4.69, 9.17) is 0 Å². The van der Waals surface area contributed by atoms with Crippen LogP contribution in [0.2, 0.25) is 0 Å². The second kappa shape index (κ2) is 4.45. The quantitative estimate of drug-likeness (QED) is 0.631. The highest BCUT2D eigenvalue weighted by Gasteiger charge is 2.31. The van der Waals surface area contributed by atoms with Crippen LogP contribution in [0, 0.1) is 5.92 Å². The lowest BCUT2D eigenvalue weighted by Crippen LogP contribution is -2.35. The molecule has 2 N–H and O–H groups in total. The summed E-state index contributed by atoms with van der Waals surface area (Å²) in [6, 6.07) is 0.595. The molecule has 3 heteroatoms. The Morgan fingerprint density at radius 3 is 2.75 bits per heavy atom. The van der Waals surface area contributed by atoms with E-state index in [0.29, 0.717) is 12.6 Å². The average molecular weight is 170 g/mol. The van der Waals surface area contributed by atoms with Gasteiger partial charge < -0.3 is 10.6 Å². The van der Waals surface area contributed by atoms with E-state index < -0.39 is 0 Å². The highest BCUT2D eigenvalue weighted by atomic mass is 16.1. The Bertz CT molecular complexity index is 159. The number of carbonyl (C=O) groups excluding carboxylic acids is 1. The molecule has 1 fully saturated rings. The number of nitrogens with one attached hydrogen (secondary N) is 2. The van der Waals surface area contributed by atoms with Crippen LogP contribution in [-0.2, 0) is 4.79 Å². The van der Waals surface area contributed by atoms with Crippen LogP contribution in [-0.4, -0.2) is 25.0 Å². The first kappa shape index (κ1) is 9.52. The highest BCUT2D eigenvalue weighted by Crippen LogP contribution is 2.28. The summed E-state index contributed by atoms with van der Waals surface area (Å²) in [5, 5.41) is 6.03. The number of hydrogen-bond acceptors (Lipinski definition) is 2. The molecular formula is C9H18N2O. The molecule has 12 heavy (non-hydrogen) atoms. The van der Waals surface area contributed by atoms with E-state index in [-0.39, 0.29) is 5.91 Å². The van der Waals surface area contributed by atoms with Crippen LogP contribution in [0.1, 0.15) is 26.7 Å². The predicted molar refractivity (Wildman–Crippen MR) is 48.9 cm³/mol. The Hall–Kier alpha value is -0.570. The number of carbonyl (C=O) groups is 1. The van der Waals surface area contributed by atoms with Crippen molar-refractivity contribution in [3.8, 4) is 0 Å². The number of hydrogen-bond donors (Lipinski definition) is 2. The molecule has 0 heterocycles. The lowest BCUT2D eigenvalue weighted by molar-refractivity contribution is -0.120. The van der Waals surface area contributed by atoms with E-state index in [0.717, 1.165) is 18.9 Å². The standard InChI is InChI=1S/C9H18N2O/c1-3-4-10-9(12)6-11-8-5-7(8)2/h7-8,11H,3-6H2,1-2H3,(H,10,12). The summed E-state index contributed by atoms with van der Waals surface area (Å²) in [5.74, 6) is 0.889. The van der Waals surface area contributed by atoms with Crippen LogP contribution in [0.4, 0.5) is 0 Å². The molecule has 0 bridgehead atoms. The third-order valence-electron chi connectivity index (χ3n) is 2.21. The molecule has 1 aliphatic carbocycles. The third kappa shape index (κ3) is 3.22. The fourth-order valence-electron chi connectivity index (χ4n) is 1.16. The van der Waals surface area contributed by atoms with Gasteiger partial charge in [-0.2, -0.15) is 0 Å². The van der Waals surface area contributed by atoms with Gasteiger partial charge in [0.15, 0.2) is 0 Å². The van der Waals surface area contributed by atoms with Gasteiger partial charge in [-0.3, -0.25) is 4.79 Å². The largest absolute Gasteiger partial charge is 0.355 e. The smallest absolute Gasteiger partial charge is 0.233 e. The van der Waals surface area contributed by atoms with Crippen molar-refractivity contribution in [2.75, 3.05) is 13.1 Å². The van der Waals surface area contributed by atoms with Crippen LogP contribution in [0.15, 0.2) is 0 Å². The van der Waals surface area contributed by atoms with Gasteiger partial charge in [-0.15, -0.1) is 0 Å². The Balaban J connectivity index is 1.95. The maximum atomic E-state index is 11.1. The third-order valence-corrected chi connectivity index (χ3v) is 2.21. The minimum atomic E-state index is 0.121. The molecule has 0 aromatic rings.